The number of carbonyl (C=O) groups is 1. The number of hydrogen-bond donors (Lipinski definition) is 2. The first-order valence-electron chi connectivity index (χ1n) is 8.60. The van der Waals surface area contributed by atoms with Crippen LogP contribution < -0.4 is 15.8 Å². The van der Waals surface area contributed by atoms with Gasteiger partial charge in [-0.15, -0.1) is 0 Å². The van der Waals surface area contributed by atoms with Crippen LogP contribution in [0.25, 0.3) is 0 Å². The molecular formula is C18H27FN2O2. The number of halogens is 1. The fourth-order valence-electron chi connectivity index (χ4n) is 3.02. The maximum absolute atomic E-state index is 13.8. The molecule has 0 aromatic heterocycles. The number of primary amides is 1. The van der Waals surface area contributed by atoms with Crippen LogP contribution in [0.4, 0.5) is 4.39 Å². The Bertz CT molecular complexity index is 534. The standard InChI is InChI=1S/C18H27FN2O2/c1-2-3-4-5-6-7-10-21-13-11-15-14(18(20)22)8-9-16(19)17(15)23-12-13/h8-9,13,21H,2-7,10-12H2,1H3,(H2,20,22). The highest BCUT2D eigenvalue weighted by atomic mass is 19.1. The number of nitrogens with one attached hydrogen (secondary N) is 1. The van der Waals surface area contributed by atoms with E-state index in [1.807, 2.05) is 0 Å². The molecule has 4 nitrogen and oxygen atoms in total. The summed E-state index contributed by atoms with van der Waals surface area (Å²) in [5.41, 5.74) is 6.32. The zero-order chi connectivity index (χ0) is 16.7. The lowest BCUT2D eigenvalue weighted by Gasteiger charge is -2.27. The van der Waals surface area contributed by atoms with Crippen molar-refractivity contribution in [2.45, 2.75) is 57.9 Å². The Morgan fingerprint density at radius 3 is 2.78 bits per heavy atom. The molecule has 1 heterocycles. The Morgan fingerprint density at radius 2 is 2.04 bits per heavy atom. The molecule has 1 aromatic carbocycles. The van der Waals surface area contributed by atoms with Gasteiger partial charge in [-0.2, -0.15) is 0 Å². The molecule has 0 aliphatic carbocycles. The van der Waals surface area contributed by atoms with Crippen molar-refractivity contribution >= 4 is 5.91 Å². The van der Waals surface area contributed by atoms with Crippen LogP contribution in [-0.4, -0.2) is 25.1 Å². The highest BCUT2D eigenvalue weighted by Gasteiger charge is 2.26. The zero-order valence-corrected chi connectivity index (χ0v) is 13.9. The molecular weight excluding hydrogens is 295 g/mol. The summed E-state index contributed by atoms with van der Waals surface area (Å²) in [5.74, 6) is -0.792. The van der Waals surface area contributed by atoms with Crippen molar-refractivity contribution in [2.24, 2.45) is 5.73 Å². The summed E-state index contributed by atoms with van der Waals surface area (Å²) >= 11 is 0. The molecule has 23 heavy (non-hydrogen) atoms. The Hall–Kier alpha value is -1.62. The molecule has 1 aliphatic rings. The molecule has 0 saturated heterocycles. The van der Waals surface area contributed by atoms with Crippen molar-refractivity contribution in [3.63, 3.8) is 0 Å². The van der Waals surface area contributed by atoms with Gasteiger partial charge in [0.2, 0.25) is 5.91 Å². The van der Waals surface area contributed by atoms with E-state index < -0.39 is 11.7 Å². The Morgan fingerprint density at radius 1 is 1.30 bits per heavy atom. The average Bonchev–Trinajstić information content (AvgIpc) is 2.54. The minimum absolute atomic E-state index is 0.0954. The molecule has 1 aromatic rings. The molecule has 1 aliphatic heterocycles. The van der Waals surface area contributed by atoms with Crippen LogP contribution in [0.5, 0.6) is 5.75 Å². The third-order valence-corrected chi connectivity index (χ3v) is 4.32. The van der Waals surface area contributed by atoms with E-state index >= 15 is 0 Å². The number of carbonyl (C=O) groups excluding carboxylic acids is 1. The summed E-state index contributed by atoms with van der Waals surface area (Å²) in [7, 11) is 0. The van der Waals surface area contributed by atoms with Crippen LogP contribution in [0, 0.1) is 5.82 Å². The average molecular weight is 322 g/mol. The molecule has 5 heteroatoms. The number of fused-ring (bicyclic) bond motifs is 1. The lowest BCUT2D eigenvalue weighted by atomic mass is 9.96. The van der Waals surface area contributed by atoms with Gasteiger partial charge in [0.1, 0.15) is 6.61 Å². The normalized spacial score (nSPS) is 16.7. The Balaban J connectivity index is 1.83. The third kappa shape index (κ3) is 4.93. The minimum Gasteiger partial charge on any atom is -0.489 e. The van der Waals surface area contributed by atoms with Gasteiger partial charge in [-0.25, -0.2) is 4.39 Å². The Kier molecular flexibility index (Phi) is 6.84. The SMILES string of the molecule is CCCCCCCCNC1COc2c(F)ccc(C(N)=O)c2C1. The number of hydrogen-bond acceptors (Lipinski definition) is 3. The molecule has 0 fully saturated rings. The lowest BCUT2D eigenvalue weighted by molar-refractivity contribution is 0.0997. The van der Waals surface area contributed by atoms with E-state index in [1.165, 1.54) is 44.2 Å². The molecule has 2 rings (SSSR count). The second-order valence-corrected chi connectivity index (χ2v) is 6.20. The van der Waals surface area contributed by atoms with Gasteiger partial charge in [0.15, 0.2) is 11.6 Å². The molecule has 1 amide bonds. The number of amides is 1. The molecule has 1 unspecified atom stereocenters. The first kappa shape index (κ1) is 17.7. The fraction of sp³-hybridized carbons (Fsp3) is 0.611. The number of benzene rings is 1. The summed E-state index contributed by atoms with van der Waals surface area (Å²) in [4.78, 5) is 11.5. The van der Waals surface area contributed by atoms with Gasteiger partial charge in [-0.05, 0) is 31.5 Å². The third-order valence-electron chi connectivity index (χ3n) is 4.32. The smallest absolute Gasteiger partial charge is 0.249 e. The lowest BCUT2D eigenvalue weighted by Crippen LogP contribution is -2.40. The van der Waals surface area contributed by atoms with Gasteiger partial charge in [0.25, 0.3) is 0 Å². The highest BCUT2D eigenvalue weighted by molar-refractivity contribution is 5.95. The van der Waals surface area contributed by atoms with Gasteiger partial charge in [-0.1, -0.05) is 39.0 Å². The molecule has 1 atom stereocenters. The number of rotatable bonds is 9. The summed E-state index contributed by atoms with van der Waals surface area (Å²) in [6, 6.07) is 2.77. The maximum Gasteiger partial charge on any atom is 0.249 e. The van der Waals surface area contributed by atoms with Gasteiger partial charge in [0.05, 0.1) is 0 Å². The molecule has 0 bridgehead atoms. The van der Waals surface area contributed by atoms with Crippen LogP contribution in [0.15, 0.2) is 12.1 Å². The largest absolute Gasteiger partial charge is 0.489 e. The number of ether oxygens (including phenoxy) is 1. The predicted molar refractivity (Wildman–Crippen MR) is 89.3 cm³/mol. The van der Waals surface area contributed by atoms with Crippen LogP contribution in [0.2, 0.25) is 0 Å². The summed E-state index contributed by atoms with van der Waals surface area (Å²) < 4.78 is 19.3. The van der Waals surface area contributed by atoms with Gasteiger partial charge >= 0.3 is 0 Å². The van der Waals surface area contributed by atoms with Crippen LogP contribution in [-0.2, 0) is 6.42 Å². The van der Waals surface area contributed by atoms with E-state index in [-0.39, 0.29) is 11.8 Å². The maximum atomic E-state index is 13.8. The molecule has 0 spiro atoms. The second kappa shape index (κ2) is 8.87. The van der Waals surface area contributed by atoms with E-state index in [0.717, 1.165) is 13.0 Å². The first-order valence-corrected chi connectivity index (χ1v) is 8.60. The van der Waals surface area contributed by atoms with Crippen molar-refractivity contribution in [1.29, 1.82) is 0 Å². The molecule has 128 valence electrons. The van der Waals surface area contributed by atoms with Crippen molar-refractivity contribution in [1.82, 2.24) is 5.32 Å². The topological polar surface area (TPSA) is 64.3 Å². The van der Waals surface area contributed by atoms with Crippen molar-refractivity contribution < 1.29 is 13.9 Å². The van der Waals surface area contributed by atoms with Crippen molar-refractivity contribution in [3.05, 3.63) is 29.1 Å². The fourth-order valence-corrected chi connectivity index (χ4v) is 3.02. The van der Waals surface area contributed by atoms with Gasteiger partial charge in [0, 0.05) is 17.2 Å². The molecule has 0 radical (unpaired) electrons. The van der Waals surface area contributed by atoms with E-state index in [0.29, 0.717) is 24.2 Å². The van der Waals surface area contributed by atoms with Gasteiger partial charge in [-0.3, -0.25) is 4.79 Å². The van der Waals surface area contributed by atoms with Crippen LogP contribution in [0.1, 0.15) is 61.4 Å². The van der Waals surface area contributed by atoms with E-state index in [1.54, 1.807) is 0 Å². The quantitative estimate of drug-likeness (QED) is 0.686. The van der Waals surface area contributed by atoms with Crippen LogP contribution in [0.3, 0.4) is 0 Å². The highest BCUT2D eigenvalue weighted by Crippen LogP contribution is 2.30. The predicted octanol–water partition coefficient (Wildman–Crippen LogP) is 3.18. The monoisotopic (exact) mass is 322 g/mol. The Labute approximate surface area is 137 Å². The van der Waals surface area contributed by atoms with E-state index in [2.05, 4.69) is 12.2 Å². The molecule has 3 N–H and O–H groups in total. The van der Waals surface area contributed by atoms with E-state index in [4.69, 9.17) is 10.5 Å². The zero-order valence-electron chi connectivity index (χ0n) is 13.9. The van der Waals surface area contributed by atoms with E-state index in [9.17, 15) is 9.18 Å². The molecule has 0 saturated carbocycles. The minimum atomic E-state index is -0.540. The summed E-state index contributed by atoms with van der Waals surface area (Å²) in [6.07, 6.45) is 8.06. The number of unbranched alkanes of at least 4 members (excludes halogenated alkanes) is 5. The van der Waals surface area contributed by atoms with Crippen LogP contribution >= 0.6 is 0 Å². The van der Waals surface area contributed by atoms with Crippen molar-refractivity contribution in [2.75, 3.05) is 13.2 Å². The van der Waals surface area contributed by atoms with Gasteiger partial charge < -0.3 is 15.8 Å². The first-order chi connectivity index (χ1) is 11.1. The summed E-state index contributed by atoms with van der Waals surface area (Å²) in [6.45, 7) is 3.55. The summed E-state index contributed by atoms with van der Waals surface area (Å²) in [5, 5.41) is 3.44. The van der Waals surface area contributed by atoms with Crippen molar-refractivity contribution in [3.8, 4) is 5.75 Å². The second-order valence-electron chi connectivity index (χ2n) is 6.20. The number of nitrogens with two attached hydrogens (primary N) is 1.